The number of morpholine rings is 2. The zero-order valence-corrected chi connectivity index (χ0v) is 19.2. The van der Waals surface area contributed by atoms with Crippen LogP contribution in [0.15, 0.2) is 4.99 Å². The Balaban J connectivity index is 0.00000261. The maximum atomic E-state index is 5.98. The number of ether oxygens (including phenoxy) is 3. The van der Waals surface area contributed by atoms with Gasteiger partial charge in [0.1, 0.15) is 6.10 Å². The molecule has 0 radical (unpaired) electrons. The third-order valence-electron chi connectivity index (χ3n) is 5.33. The second-order valence-corrected chi connectivity index (χ2v) is 7.62. The van der Waals surface area contributed by atoms with E-state index < -0.39 is 0 Å². The minimum absolute atomic E-state index is 0. The van der Waals surface area contributed by atoms with E-state index in [-0.39, 0.29) is 36.2 Å². The van der Waals surface area contributed by atoms with Crippen LogP contribution in [0.4, 0.5) is 0 Å². The van der Waals surface area contributed by atoms with Gasteiger partial charge in [-0.1, -0.05) is 6.92 Å². The Morgan fingerprint density at radius 2 is 1.89 bits per heavy atom. The molecule has 0 aromatic carbocycles. The van der Waals surface area contributed by atoms with Crippen LogP contribution in [-0.2, 0) is 14.2 Å². The molecule has 8 heteroatoms. The normalized spacial score (nSPS) is 28.7. The van der Waals surface area contributed by atoms with Crippen LogP contribution in [0.25, 0.3) is 0 Å². The lowest BCUT2D eigenvalue weighted by molar-refractivity contribution is -0.0817. The molecule has 3 aliphatic heterocycles. The van der Waals surface area contributed by atoms with Gasteiger partial charge in [0.2, 0.25) is 0 Å². The highest BCUT2D eigenvalue weighted by molar-refractivity contribution is 14.0. The zero-order valence-electron chi connectivity index (χ0n) is 16.9. The van der Waals surface area contributed by atoms with Gasteiger partial charge >= 0.3 is 0 Å². The minimum Gasteiger partial charge on any atom is -0.379 e. The molecule has 0 amide bonds. The predicted octanol–water partition coefficient (Wildman–Crippen LogP) is 1.42. The summed E-state index contributed by atoms with van der Waals surface area (Å²) in [4.78, 5) is 9.77. The summed E-state index contributed by atoms with van der Waals surface area (Å²) in [5.74, 6) is 1.56. The molecule has 3 saturated heterocycles. The molecule has 0 aromatic heterocycles. The van der Waals surface area contributed by atoms with Crippen LogP contribution in [0.3, 0.4) is 0 Å². The lowest BCUT2D eigenvalue weighted by Gasteiger charge is -2.37. The van der Waals surface area contributed by atoms with Crippen molar-refractivity contribution in [3.05, 3.63) is 0 Å². The molecule has 3 unspecified atom stereocenters. The largest absolute Gasteiger partial charge is 0.379 e. The third kappa shape index (κ3) is 7.30. The highest BCUT2D eigenvalue weighted by atomic mass is 127. The Bertz CT molecular complexity index is 443. The average Bonchev–Trinajstić information content (AvgIpc) is 3.21. The Morgan fingerprint density at radius 1 is 1.11 bits per heavy atom. The topological polar surface area (TPSA) is 58.6 Å². The standard InChI is InChI=1S/C19H36N4O3.HI/c1-3-20-19(21-13-16(2)14-22-6-10-24-11-7-22)23-8-12-26-18(15-23)17-5-4-9-25-17;/h16-18H,3-15H2,1-2H3,(H,20,21);1H. The van der Waals surface area contributed by atoms with Crippen molar-refractivity contribution < 1.29 is 14.2 Å². The molecule has 3 rings (SSSR count). The van der Waals surface area contributed by atoms with E-state index in [1.807, 2.05) is 0 Å². The van der Waals surface area contributed by atoms with Crippen LogP contribution in [0.2, 0.25) is 0 Å². The van der Waals surface area contributed by atoms with E-state index in [4.69, 9.17) is 19.2 Å². The lowest BCUT2D eigenvalue weighted by Crippen LogP contribution is -2.53. The van der Waals surface area contributed by atoms with E-state index in [0.29, 0.717) is 5.92 Å². The summed E-state index contributed by atoms with van der Waals surface area (Å²) >= 11 is 0. The molecule has 0 bridgehead atoms. The molecule has 3 atom stereocenters. The Hall–Kier alpha value is -0.160. The fourth-order valence-corrected chi connectivity index (χ4v) is 3.94. The average molecular weight is 496 g/mol. The lowest BCUT2D eigenvalue weighted by atomic mass is 10.1. The van der Waals surface area contributed by atoms with Crippen LogP contribution >= 0.6 is 24.0 Å². The van der Waals surface area contributed by atoms with Gasteiger partial charge in [-0.2, -0.15) is 0 Å². The molecular formula is C19H37IN4O3. The molecule has 1 N–H and O–H groups in total. The molecule has 27 heavy (non-hydrogen) atoms. The van der Waals surface area contributed by atoms with Gasteiger partial charge in [-0.15, -0.1) is 24.0 Å². The number of guanidine groups is 1. The van der Waals surface area contributed by atoms with Crippen molar-refractivity contribution in [2.45, 2.75) is 38.9 Å². The molecule has 3 fully saturated rings. The quantitative estimate of drug-likeness (QED) is 0.341. The summed E-state index contributed by atoms with van der Waals surface area (Å²) in [5, 5.41) is 3.47. The van der Waals surface area contributed by atoms with E-state index in [1.54, 1.807) is 0 Å². The number of rotatable bonds is 6. The minimum atomic E-state index is 0. The van der Waals surface area contributed by atoms with E-state index in [0.717, 1.165) is 91.0 Å². The van der Waals surface area contributed by atoms with Crippen molar-refractivity contribution in [3.8, 4) is 0 Å². The predicted molar refractivity (Wildman–Crippen MR) is 118 cm³/mol. The van der Waals surface area contributed by atoms with Gasteiger partial charge in [-0.3, -0.25) is 9.89 Å². The number of nitrogens with one attached hydrogen (secondary N) is 1. The molecule has 7 nitrogen and oxygen atoms in total. The summed E-state index contributed by atoms with van der Waals surface area (Å²) in [6.07, 6.45) is 2.68. The fourth-order valence-electron chi connectivity index (χ4n) is 3.94. The first-order chi connectivity index (χ1) is 12.8. The number of hydrogen-bond donors (Lipinski definition) is 1. The highest BCUT2D eigenvalue weighted by Gasteiger charge is 2.32. The molecule has 3 aliphatic rings. The van der Waals surface area contributed by atoms with Gasteiger partial charge < -0.3 is 24.4 Å². The molecule has 158 valence electrons. The van der Waals surface area contributed by atoms with E-state index in [9.17, 15) is 0 Å². The van der Waals surface area contributed by atoms with Crippen LogP contribution in [0.1, 0.15) is 26.7 Å². The van der Waals surface area contributed by atoms with Crippen molar-refractivity contribution in [3.63, 3.8) is 0 Å². The highest BCUT2D eigenvalue weighted by Crippen LogP contribution is 2.21. The molecule has 0 aliphatic carbocycles. The maximum absolute atomic E-state index is 5.98. The first-order valence-electron chi connectivity index (χ1n) is 10.3. The van der Waals surface area contributed by atoms with Crippen molar-refractivity contribution >= 4 is 29.9 Å². The number of halogens is 1. The van der Waals surface area contributed by atoms with Crippen LogP contribution in [0.5, 0.6) is 0 Å². The van der Waals surface area contributed by atoms with E-state index >= 15 is 0 Å². The summed E-state index contributed by atoms with van der Waals surface area (Å²) in [6, 6.07) is 0. The van der Waals surface area contributed by atoms with Gasteiger partial charge in [0.15, 0.2) is 5.96 Å². The van der Waals surface area contributed by atoms with E-state index in [2.05, 4.69) is 29.0 Å². The Kier molecular flexibility index (Phi) is 10.6. The Morgan fingerprint density at radius 3 is 2.59 bits per heavy atom. The monoisotopic (exact) mass is 496 g/mol. The maximum Gasteiger partial charge on any atom is 0.194 e. The van der Waals surface area contributed by atoms with Gasteiger partial charge in [0.25, 0.3) is 0 Å². The summed E-state index contributed by atoms with van der Waals surface area (Å²) in [6.45, 7) is 14.4. The van der Waals surface area contributed by atoms with Crippen LogP contribution < -0.4 is 5.32 Å². The van der Waals surface area contributed by atoms with Gasteiger partial charge in [0.05, 0.1) is 25.9 Å². The van der Waals surface area contributed by atoms with Crippen molar-refractivity contribution in [1.29, 1.82) is 0 Å². The Labute approximate surface area is 181 Å². The second kappa shape index (κ2) is 12.4. The summed E-state index contributed by atoms with van der Waals surface area (Å²) in [5.41, 5.74) is 0. The second-order valence-electron chi connectivity index (χ2n) is 7.62. The SMILES string of the molecule is CCNC(=NCC(C)CN1CCOCC1)N1CCOC(C2CCCO2)C1.I. The van der Waals surface area contributed by atoms with Crippen molar-refractivity contribution in [1.82, 2.24) is 15.1 Å². The fraction of sp³-hybridized carbons (Fsp3) is 0.947. The van der Waals surface area contributed by atoms with Gasteiger partial charge in [-0.05, 0) is 25.7 Å². The van der Waals surface area contributed by atoms with Gasteiger partial charge in [-0.25, -0.2) is 0 Å². The van der Waals surface area contributed by atoms with Gasteiger partial charge in [0, 0.05) is 52.4 Å². The molecular weight excluding hydrogens is 459 g/mol. The van der Waals surface area contributed by atoms with Crippen molar-refractivity contribution in [2.75, 3.05) is 72.2 Å². The number of nitrogens with zero attached hydrogens (tertiary/aromatic N) is 3. The summed E-state index contributed by atoms with van der Waals surface area (Å²) in [7, 11) is 0. The number of aliphatic imine (C=N–C) groups is 1. The van der Waals surface area contributed by atoms with Crippen LogP contribution in [-0.4, -0.2) is 100 Å². The smallest absolute Gasteiger partial charge is 0.194 e. The number of hydrogen-bond acceptors (Lipinski definition) is 5. The third-order valence-corrected chi connectivity index (χ3v) is 5.33. The van der Waals surface area contributed by atoms with Crippen LogP contribution in [0, 0.1) is 5.92 Å². The van der Waals surface area contributed by atoms with E-state index in [1.165, 1.54) is 0 Å². The molecule has 0 spiro atoms. The first kappa shape index (κ1) is 23.1. The molecule has 0 aromatic rings. The zero-order chi connectivity index (χ0) is 18.2. The van der Waals surface area contributed by atoms with Crippen molar-refractivity contribution in [2.24, 2.45) is 10.9 Å². The summed E-state index contributed by atoms with van der Waals surface area (Å²) < 4.78 is 17.2. The first-order valence-corrected chi connectivity index (χ1v) is 10.3. The molecule has 0 saturated carbocycles. The molecule has 3 heterocycles.